The third kappa shape index (κ3) is 5.61. The van der Waals surface area contributed by atoms with Crippen molar-refractivity contribution in [2.24, 2.45) is 0 Å². The molecule has 1 amide bonds. The first-order valence-corrected chi connectivity index (χ1v) is 11.6. The van der Waals surface area contributed by atoms with Crippen LogP contribution in [-0.2, 0) is 11.3 Å². The molecule has 7 nitrogen and oxygen atoms in total. The SMILES string of the molecule is CCOCN(C)c1cnn(C(=O)N2CCN(Cc3ccc(-c4ccccc4)cc3C)CC2)c1. The van der Waals surface area contributed by atoms with E-state index in [1.807, 2.05) is 29.8 Å². The van der Waals surface area contributed by atoms with Gasteiger partial charge < -0.3 is 14.5 Å². The van der Waals surface area contributed by atoms with Gasteiger partial charge in [-0.1, -0.05) is 48.5 Å². The second kappa shape index (κ2) is 10.6. The van der Waals surface area contributed by atoms with E-state index >= 15 is 0 Å². The first-order chi connectivity index (χ1) is 16.0. The molecule has 2 aromatic carbocycles. The molecule has 7 heteroatoms. The third-order valence-electron chi connectivity index (χ3n) is 6.18. The zero-order chi connectivity index (χ0) is 23.2. The van der Waals surface area contributed by atoms with Crippen LogP contribution in [0.1, 0.15) is 18.1 Å². The number of piperazine rings is 1. The molecule has 1 aromatic heterocycles. The Morgan fingerprint density at radius 2 is 1.82 bits per heavy atom. The number of aromatic nitrogens is 2. The van der Waals surface area contributed by atoms with Crippen molar-refractivity contribution >= 4 is 11.7 Å². The van der Waals surface area contributed by atoms with Gasteiger partial charge in [0.2, 0.25) is 0 Å². The molecule has 1 aliphatic rings. The van der Waals surface area contributed by atoms with Gasteiger partial charge in [-0.2, -0.15) is 9.78 Å². The van der Waals surface area contributed by atoms with E-state index in [4.69, 9.17) is 4.74 Å². The standard InChI is InChI=1S/C26H33N5O2/c1-4-33-20-28(3)25-17-27-31(19-25)26(32)30-14-12-29(13-15-30)18-24-11-10-23(16-21(24)2)22-8-6-5-7-9-22/h5-11,16-17,19H,4,12-15,18,20H2,1-3H3. The van der Waals surface area contributed by atoms with Crippen molar-refractivity contribution < 1.29 is 9.53 Å². The monoisotopic (exact) mass is 447 g/mol. The molecule has 0 aliphatic carbocycles. The predicted molar refractivity (Wildman–Crippen MR) is 131 cm³/mol. The first-order valence-electron chi connectivity index (χ1n) is 11.6. The maximum Gasteiger partial charge on any atom is 0.344 e. The highest BCUT2D eigenvalue weighted by Gasteiger charge is 2.23. The van der Waals surface area contributed by atoms with Gasteiger partial charge >= 0.3 is 6.03 Å². The molecule has 1 aliphatic heterocycles. The van der Waals surface area contributed by atoms with E-state index in [2.05, 4.69) is 59.4 Å². The maximum atomic E-state index is 12.9. The van der Waals surface area contributed by atoms with Crippen LogP contribution in [0.2, 0.25) is 0 Å². The van der Waals surface area contributed by atoms with Gasteiger partial charge in [-0.15, -0.1) is 0 Å². The van der Waals surface area contributed by atoms with Gasteiger partial charge in [0.15, 0.2) is 0 Å². The number of carbonyl (C=O) groups excluding carboxylic acids is 1. The molecule has 4 rings (SSSR count). The van der Waals surface area contributed by atoms with Crippen LogP contribution in [0.5, 0.6) is 0 Å². The zero-order valence-electron chi connectivity index (χ0n) is 19.8. The fourth-order valence-electron chi connectivity index (χ4n) is 4.08. The summed E-state index contributed by atoms with van der Waals surface area (Å²) in [6.07, 6.45) is 3.47. The molecule has 2 heterocycles. The van der Waals surface area contributed by atoms with Crippen LogP contribution < -0.4 is 4.90 Å². The van der Waals surface area contributed by atoms with Crippen LogP contribution in [0, 0.1) is 6.92 Å². The van der Waals surface area contributed by atoms with Crippen molar-refractivity contribution in [2.45, 2.75) is 20.4 Å². The molecule has 0 atom stereocenters. The van der Waals surface area contributed by atoms with Gasteiger partial charge in [-0.3, -0.25) is 4.90 Å². The zero-order valence-corrected chi connectivity index (χ0v) is 19.8. The molecule has 0 saturated carbocycles. The topological polar surface area (TPSA) is 53.8 Å². The van der Waals surface area contributed by atoms with Crippen molar-refractivity contribution in [1.29, 1.82) is 0 Å². The summed E-state index contributed by atoms with van der Waals surface area (Å²) in [5.41, 5.74) is 5.99. The van der Waals surface area contributed by atoms with E-state index in [0.717, 1.165) is 25.3 Å². The molecule has 1 saturated heterocycles. The number of rotatable bonds is 7. The number of anilines is 1. The molecule has 33 heavy (non-hydrogen) atoms. The lowest BCUT2D eigenvalue weighted by Gasteiger charge is -2.34. The van der Waals surface area contributed by atoms with E-state index in [-0.39, 0.29) is 6.03 Å². The minimum Gasteiger partial charge on any atom is -0.361 e. The summed E-state index contributed by atoms with van der Waals surface area (Å²) in [6.45, 7) is 9.26. The van der Waals surface area contributed by atoms with Gasteiger partial charge in [0.05, 0.1) is 18.1 Å². The van der Waals surface area contributed by atoms with Gasteiger partial charge in [0.1, 0.15) is 6.73 Å². The molecular weight excluding hydrogens is 414 g/mol. The fourth-order valence-corrected chi connectivity index (χ4v) is 4.08. The summed E-state index contributed by atoms with van der Waals surface area (Å²) in [5.74, 6) is 0. The highest BCUT2D eigenvalue weighted by atomic mass is 16.5. The average molecular weight is 448 g/mol. The van der Waals surface area contributed by atoms with Crippen LogP contribution in [0.4, 0.5) is 10.5 Å². The Morgan fingerprint density at radius 1 is 1.06 bits per heavy atom. The molecule has 0 radical (unpaired) electrons. The quantitative estimate of drug-likeness (QED) is 0.511. The second-order valence-corrected chi connectivity index (χ2v) is 8.52. The smallest absolute Gasteiger partial charge is 0.344 e. The summed E-state index contributed by atoms with van der Waals surface area (Å²) in [7, 11) is 1.93. The van der Waals surface area contributed by atoms with Crippen molar-refractivity contribution in [3.05, 3.63) is 72.1 Å². The number of nitrogens with zero attached hydrogens (tertiary/aromatic N) is 5. The van der Waals surface area contributed by atoms with Gasteiger partial charge in [-0.25, -0.2) is 4.79 Å². The molecule has 0 N–H and O–H groups in total. The largest absolute Gasteiger partial charge is 0.361 e. The van der Waals surface area contributed by atoms with Crippen LogP contribution in [0.3, 0.4) is 0 Å². The van der Waals surface area contributed by atoms with E-state index in [0.29, 0.717) is 26.4 Å². The summed E-state index contributed by atoms with van der Waals surface area (Å²) < 4.78 is 6.85. The number of hydrogen-bond acceptors (Lipinski definition) is 5. The normalized spacial score (nSPS) is 14.5. The first kappa shape index (κ1) is 23.0. The Hall–Kier alpha value is -3.16. The Bertz CT molecular complexity index is 1060. The number of amides is 1. The summed E-state index contributed by atoms with van der Waals surface area (Å²) in [6, 6.07) is 17.1. The minimum absolute atomic E-state index is 0.0749. The number of aryl methyl sites for hydroxylation is 1. The number of ether oxygens (including phenoxy) is 1. The third-order valence-corrected chi connectivity index (χ3v) is 6.18. The molecular formula is C26H33N5O2. The molecule has 0 spiro atoms. The minimum atomic E-state index is -0.0749. The lowest BCUT2D eigenvalue weighted by atomic mass is 9.99. The fraction of sp³-hybridized carbons (Fsp3) is 0.385. The number of benzene rings is 2. The predicted octanol–water partition coefficient (Wildman–Crippen LogP) is 4.07. The summed E-state index contributed by atoms with van der Waals surface area (Å²) in [4.78, 5) is 19.1. The van der Waals surface area contributed by atoms with E-state index in [1.165, 1.54) is 26.9 Å². The van der Waals surface area contributed by atoms with Gasteiger partial charge in [-0.05, 0) is 36.1 Å². The molecule has 174 valence electrons. The highest BCUT2D eigenvalue weighted by molar-refractivity contribution is 5.77. The lowest BCUT2D eigenvalue weighted by molar-refractivity contribution is 0.134. The Kier molecular flexibility index (Phi) is 7.42. The van der Waals surface area contributed by atoms with Gasteiger partial charge in [0, 0.05) is 46.4 Å². The summed E-state index contributed by atoms with van der Waals surface area (Å²) >= 11 is 0. The van der Waals surface area contributed by atoms with Crippen LogP contribution >= 0.6 is 0 Å². The van der Waals surface area contributed by atoms with Gasteiger partial charge in [0.25, 0.3) is 0 Å². The highest BCUT2D eigenvalue weighted by Crippen LogP contribution is 2.23. The Labute approximate surface area is 196 Å². The van der Waals surface area contributed by atoms with Crippen molar-refractivity contribution in [2.75, 3.05) is 51.5 Å². The van der Waals surface area contributed by atoms with Crippen molar-refractivity contribution in [3.63, 3.8) is 0 Å². The Morgan fingerprint density at radius 3 is 2.52 bits per heavy atom. The number of hydrogen-bond donors (Lipinski definition) is 0. The second-order valence-electron chi connectivity index (χ2n) is 8.52. The van der Waals surface area contributed by atoms with E-state index in [9.17, 15) is 4.79 Å². The lowest BCUT2D eigenvalue weighted by Crippen LogP contribution is -2.49. The van der Waals surface area contributed by atoms with E-state index < -0.39 is 0 Å². The van der Waals surface area contributed by atoms with Crippen molar-refractivity contribution in [1.82, 2.24) is 19.6 Å². The average Bonchev–Trinajstić information content (AvgIpc) is 3.35. The van der Waals surface area contributed by atoms with Crippen LogP contribution in [-0.4, -0.2) is 72.2 Å². The molecule has 0 unspecified atom stereocenters. The molecule has 3 aromatic rings. The molecule has 0 bridgehead atoms. The molecule has 1 fully saturated rings. The Balaban J connectivity index is 1.31. The van der Waals surface area contributed by atoms with Crippen molar-refractivity contribution in [3.8, 4) is 11.1 Å². The van der Waals surface area contributed by atoms with E-state index in [1.54, 1.807) is 12.4 Å². The summed E-state index contributed by atoms with van der Waals surface area (Å²) in [5, 5.41) is 4.27. The maximum absolute atomic E-state index is 12.9. The van der Waals surface area contributed by atoms with Crippen LogP contribution in [0.15, 0.2) is 60.9 Å². The van der Waals surface area contributed by atoms with Crippen LogP contribution in [0.25, 0.3) is 11.1 Å². The number of carbonyl (C=O) groups is 1.